The molecular weight excluding hydrogens is 272 g/mol. The Morgan fingerprint density at radius 1 is 1.24 bits per heavy atom. The van der Waals surface area contributed by atoms with Crippen molar-refractivity contribution in [3.05, 3.63) is 29.6 Å². The highest BCUT2D eigenvalue weighted by Crippen LogP contribution is 2.41. The lowest BCUT2D eigenvalue weighted by Crippen LogP contribution is -2.44. The highest BCUT2D eigenvalue weighted by Gasteiger charge is 2.45. The van der Waals surface area contributed by atoms with Gasteiger partial charge in [-0.05, 0) is 25.0 Å². The minimum absolute atomic E-state index is 0.376. The van der Waals surface area contributed by atoms with Crippen LogP contribution in [0.5, 0.6) is 0 Å². The summed E-state index contributed by atoms with van der Waals surface area (Å²) in [6, 6.07) is 3.38. The average Bonchev–Trinajstić information content (AvgIpc) is 2.92. The van der Waals surface area contributed by atoms with Gasteiger partial charge in [-0.2, -0.15) is 0 Å². The average molecular weight is 292 g/mol. The first kappa shape index (κ1) is 14.4. The zero-order valence-electron chi connectivity index (χ0n) is 11.9. The summed E-state index contributed by atoms with van der Waals surface area (Å²) in [6.45, 7) is 1.27. The van der Waals surface area contributed by atoms with Gasteiger partial charge in [0.2, 0.25) is 5.91 Å². The van der Waals surface area contributed by atoms with Crippen LogP contribution in [0.15, 0.2) is 18.3 Å². The lowest BCUT2D eigenvalue weighted by Gasteiger charge is -2.40. The van der Waals surface area contributed by atoms with E-state index in [9.17, 15) is 9.90 Å². The number of amides is 1. The lowest BCUT2D eigenvalue weighted by atomic mass is 9.78. The van der Waals surface area contributed by atoms with Crippen molar-refractivity contribution in [3.8, 4) is 0 Å². The van der Waals surface area contributed by atoms with Gasteiger partial charge in [0.15, 0.2) is 5.79 Å². The van der Waals surface area contributed by atoms with Gasteiger partial charge in [-0.1, -0.05) is 0 Å². The molecule has 21 heavy (non-hydrogen) atoms. The number of aliphatic hydroxyl groups is 1. The monoisotopic (exact) mass is 292 g/mol. The molecule has 1 spiro atoms. The SMILES string of the molecule is NC(=O)c1ccc(CC2(O)CCC3(CC2)OCCO3)nc1. The van der Waals surface area contributed by atoms with Crippen molar-refractivity contribution in [2.45, 2.75) is 43.5 Å². The summed E-state index contributed by atoms with van der Waals surface area (Å²) in [5.41, 5.74) is 5.53. The van der Waals surface area contributed by atoms with Gasteiger partial charge in [-0.15, -0.1) is 0 Å². The van der Waals surface area contributed by atoms with Crippen molar-refractivity contribution < 1.29 is 19.4 Å². The summed E-state index contributed by atoms with van der Waals surface area (Å²) in [7, 11) is 0. The molecule has 1 aliphatic carbocycles. The van der Waals surface area contributed by atoms with Crippen molar-refractivity contribution in [1.82, 2.24) is 4.98 Å². The van der Waals surface area contributed by atoms with Crippen molar-refractivity contribution in [1.29, 1.82) is 0 Å². The number of hydrogen-bond donors (Lipinski definition) is 2. The maximum Gasteiger partial charge on any atom is 0.250 e. The molecule has 0 bridgehead atoms. The fraction of sp³-hybridized carbons (Fsp3) is 0.600. The zero-order chi connectivity index (χ0) is 14.9. The van der Waals surface area contributed by atoms with Gasteiger partial charge in [0.05, 0.1) is 24.4 Å². The molecule has 0 aromatic carbocycles. The molecule has 3 rings (SSSR count). The first-order valence-electron chi connectivity index (χ1n) is 7.25. The predicted molar refractivity (Wildman–Crippen MR) is 74.5 cm³/mol. The molecular formula is C15H20N2O4. The van der Waals surface area contributed by atoms with Crippen LogP contribution in [-0.4, -0.2) is 40.6 Å². The van der Waals surface area contributed by atoms with Crippen LogP contribution >= 0.6 is 0 Å². The third kappa shape index (κ3) is 3.07. The summed E-state index contributed by atoms with van der Waals surface area (Å²) in [4.78, 5) is 15.2. The van der Waals surface area contributed by atoms with Gasteiger partial charge in [0.1, 0.15) is 0 Å². The van der Waals surface area contributed by atoms with Crippen molar-refractivity contribution in [3.63, 3.8) is 0 Å². The molecule has 3 N–H and O–H groups in total. The summed E-state index contributed by atoms with van der Waals surface area (Å²) < 4.78 is 11.3. The number of nitrogens with zero attached hydrogens (tertiary/aromatic N) is 1. The van der Waals surface area contributed by atoms with E-state index in [-0.39, 0.29) is 0 Å². The molecule has 0 radical (unpaired) electrons. The van der Waals surface area contributed by atoms with Crippen molar-refractivity contribution >= 4 is 5.91 Å². The summed E-state index contributed by atoms with van der Waals surface area (Å²) in [5.74, 6) is -0.974. The van der Waals surface area contributed by atoms with Gasteiger partial charge in [0, 0.05) is 31.2 Å². The number of carbonyl (C=O) groups is 1. The van der Waals surface area contributed by atoms with E-state index < -0.39 is 17.3 Å². The largest absolute Gasteiger partial charge is 0.389 e. The van der Waals surface area contributed by atoms with Gasteiger partial charge in [0.25, 0.3) is 0 Å². The first-order valence-corrected chi connectivity index (χ1v) is 7.25. The number of primary amides is 1. The topological polar surface area (TPSA) is 94.7 Å². The van der Waals surface area contributed by atoms with Crippen molar-refractivity contribution in [2.24, 2.45) is 5.73 Å². The second-order valence-electron chi connectivity index (χ2n) is 5.91. The van der Waals surface area contributed by atoms with E-state index in [1.807, 2.05) is 0 Å². The van der Waals surface area contributed by atoms with E-state index in [2.05, 4.69) is 4.98 Å². The van der Waals surface area contributed by atoms with E-state index in [4.69, 9.17) is 15.2 Å². The molecule has 0 unspecified atom stereocenters. The van der Waals surface area contributed by atoms with Gasteiger partial charge in [-0.25, -0.2) is 0 Å². The molecule has 1 aromatic rings. The minimum Gasteiger partial charge on any atom is -0.389 e. The quantitative estimate of drug-likeness (QED) is 0.858. The first-order chi connectivity index (χ1) is 10.0. The van der Waals surface area contributed by atoms with Crippen LogP contribution in [0.4, 0.5) is 0 Å². The number of aromatic nitrogens is 1. The Morgan fingerprint density at radius 2 is 1.90 bits per heavy atom. The molecule has 114 valence electrons. The molecule has 2 aliphatic rings. The maximum atomic E-state index is 11.0. The standard InChI is InChI=1S/C15H20N2O4/c16-13(18)11-1-2-12(17-10-11)9-14(19)3-5-15(6-4-14)20-7-8-21-15/h1-2,10,19H,3-9H2,(H2,16,18). The van der Waals surface area contributed by atoms with E-state index >= 15 is 0 Å². The summed E-state index contributed by atoms with van der Waals surface area (Å²) in [6.07, 6.45) is 4.54. The molecule has 6 nitrogen and oxygen atoms in total. The fourth-order valence-electron chi connectivity index (χ4n) is 3.07. The second-order valence-corrected chi connectivity index (χ2v) is 5.91. The van der Waals surface area contributed by atoms with E-state index in [1.54, 1.807) is 12.1 Å². The molecule has 1 amide bonds. The number of rotatable bonds is 3. The van der Waals surface area contributed by atoms with E-state index in [0.29, 0.717) is 50.9 Å². The molecule has 1 aliphatic heterocycles. The predicted octanol–water partition coefficient (Wildman–Crippen LogP) is 0.771. The number of ether oxygens (including phenoxy) is 2. The molecule has 1 aromatic heterocycles. The van der Waals surface area contributed by atoms with Crippen LogP contribution in [0.25, 0.3) is 0 Å². The van der Waals surface area contributed by atoms with Crippen LogP contribution < -0.4 is 5.73 Å². The minimum atomic E-state index is -0.790. The van der Waals surface area contributed by atoms with Crippen LogP contribution in [0.3, 0.4) is 0 Å². The number of pyridine rings is 1. The lowest BCUT2D eigenvalue weighted by molar-refractivity contribution is -0.202. The number of carbonyl (C=O) groups excluding carboxylic acids is 1. The molecule has 1 saturated heterocycles. The van der Waals surface area contributed by atoms with Crippen molar-refractivity contribution in [2.75, 3.05) is 13.2 Å². The van der Waals surface area contributed by atoms with Gasteiger partial charge in [-0.3, -0.25) is 9.78 Å². The van der Waals surface area contributed by atoms with Crippen LogP contribution in [0, 0.1) is 0 Å². The van der Waals surface area contributed by atoms with E-state index in [1.165, 1.54) is 6.20 Å². The Hall–Kier alpha value is -1.50. The van der Waals surface area contributed by atoms with Gasteiger partial charge < -0.3 is 20.3 Å². The summed E-state index contributed by atoms with van der Waals surface area (Å²) >= 11 is 0. The Balaban J connectivity index is 1.63. The highest BCUT2D eigenvalue weighted by atomic mass is 16.7. The fourth-order valence-corrected chi connectivity index (χ4v) is 3.07. The molecule has 2 fully saturated rings. The zero-order valence-corrected chi connectivity index (χ0v) is 11.9. The molecule has 6 heteroatoms. The van der Waals surface area contributed by atoms with Crippen LogP contribution in [0.1, 0.15) is 41.7 Å². The molecule has 2 heterocycles. The molecule has 1 saturated carbocycles. The van der Waals surface area contributed by atoms with Crippen LogP contribution in [-0.2, 0) is 15.9 Å². The third-order valence-corrected chi connectivity index (χ3v) is 4.38. The Bertz CT molecular complexity index is 513. The maximum absolute atomic E-state index is 11.0. The Labute approximate surface area is 123 Å². The van der Waals surface area contributed by atoms with E-state index in [0.717, 1.165) is 5.69 Å². The highest BCUT2D eigenvalue weighted by molar-refractivity contribution is 5.92. The second kappa shape index (κ2) is 5.36. The summed E-state index contributed by atoms with van der Waals surface area (Å²) in [5, 5.41) is 10.7. The molecule has 0 atom stereocenters. The number of hydrogen-bond acceptors (Lipinski definition) is 5. The van der Waals surface area contributed by atoms with Gasteiger partial charge >= 0.3 is 0 Å². The third-order valence-electron chi connectivity index (χ3n) is 4.38. The van der Waals surface area contributed by atoms with Crippen LogP contribution in [0.2, 0.25) is 0 Å². The Morgan fingerprint density at radius 3 is 2.43 bits per heavy atom. The normalized spacial score (nSPS) is 23.3. The number of nitrogens with two attached hydrogens (primary N) is 1. The Kier molecular flexibility index (Phi) is 3.69. The smallest absolute Gasteiger partial charge is 0.250 e.